The van der Waals surface area contributed by atoms with Crippen LogP contribution in [0.15, 0.2) is 24.3 Å². The van der Waals surface area contributed by atoms with Crippen LogP contribution in [0.3, 0.4) is 0 Å². The summed E-state index contributed by atoms with van der Waals surface area (Å²) in [5.74, 6) is 0.353. The van der Waals surface area contributed by atoms with E-state index in [1.54, 1.807) is 0 Å². The second kappa shape index (κ2) is 8.50. The van der Waals surface area contributed by atoms with Gasteiger partial charge in [0.2, 0.25) is 5.91 Å². The molecule has 0 bridgehead atoms. The van der Waals surface area contributed by atoms with Crippen molar-refractivity contribution in [1.82, 2.24) is 10.6 Å². The van der Waals surface area contributed by atoms with E-state index in [1.807, 2.05) is 24.3 Å². The molecule has 2 atom stereocenters. The zero-order chi connectivity index (χ0) is 13.7. The zero-order valence-electron chi connectivity index (χ0n) is 11.7. The van der Waals surface area contributed by atoms with E-state index in [1.165, 1.54) is 0 Å². The molecule has 0 aromatic heterocycles. The summed E-state index contributed by atoms with van der Waals surface area (Å²) in [4.78, 5) is 12.0. The average Bonchev–Trinajstić information content (AvgIpc) is 2.38. The Bertz CT molecular complexity index is 440. The molecule has 1 aliphatic rings. The molecule has 0 aliphatic carbocycles. The van der Waals surface area contributed by atoms with E-state index in [-0.39, 0.29) is 24.2 Å². The number of piperidine rings is 1. The highest BCUT2D eigenvalue weighted by Crippen LogP contribution is 2.16. The summed E-state index contributed by atoms with van der Waals surface area (Å²) in [5, 5.41) is 7.14. The van der Waals surface area contributed by atoms with Crippen LogP contribution in [0.1, 0.15) is 25.3 Å². The van der Waals surface area contributed by atoms with Crippen molar-refractivity contribution in [2.45, 2.75) is 32.2 Å². The molecule has 0 radical (unpaired) electrons. The minimum atomic E-state index is 0. The second-order valence-corrected chi connectivity index (χ2v) is 5.68. The Morgan fingerprint density at radius 1 is 1.50 bits per heavy atom. The normalized spacial score (nSPS) is 21.9. The summed E-state index contributed by atoms with van der Waals surface area (Å²) in [6, 6.07) is 8.22. The Kier molecular flexibility index (Phi) is 7.35. The fourth-order valence-electron chi connectivity index (χ4n) is 2.54. The van der Waals surface area contributed by atoms with Gasteiger partial charge in [-0.3, -0.25) is 4.79 Å². The van der Waals surface area contributed by atoms with Crippen LogP contribution in [0, 0.1) is 5.92 Å². The molecule has 20 heavy (non-hydrogen) atoms. The second-order valence-electron chi connectivity index (χ2n) is 5.25. The van der Waals surface area contributed by atoms with E-state index in [0.29, 0.717) is 12.6 Å². The summed E-state index contributed by atoms with van der Waals surface area (Å²) in [6.45, 7) is 3.75. The van der Waals surface area contributed by atoms with Gasteiger partial charge in [-0.05, 0) is 50.4 Å². The Hall–Kier alpha value is -0.770. The smallest absolute Gasteiger partial charge is 0.223 e. The summed E-state index contributed by atoms with van der Waals surface area (Å²) >= 11 is 5.93. The molecule has 1 heterocycles. The summed E-state index contributed by atoms with van der Waals surface area (Å²) in [7, 11) is 0. The van der Waals surface area contributed by atoms with Crippen molar-refractivity contribution in [3.8, 4) is 0 Å². The molecule has 1 aromatic rings. The maximum Gasteiger partial charge on any atom is 0.223 e. The Balaban J connectivity index is 0.00000200. The van der Waals surface area contributed by atoms with Gasteiger partial charge in [0.15, 0.2) is 0 Å². The Morgan fingerprint density at radius 3 is 3.00 bits per heavy atom. The van der Waals surface area contributed by atoms with Crippen LogP contribution < -0.4 is 10.6 Å². The molecule has 112 valence electrons. The lowest BCUT2D eigenvalue weighted by atomic mass is 9.92. The van der Waals surface area contributed by atoms with Crippen molar-refractivity contribution in [1.29, 1.82) is 0 Å². The standard InChI is InChI=1S/C15H21ClN2O.ClH/c1-11-9-13(6-8-17-11)15(19)18-7-5-12-3-2-4-14(16)10-12;/h2-4,10-11,13,17H,5-9H2,1H3,(H,18,19);1H/t11-,13-;/m0./s1. The quantitative estimate of drug-likeness (QED) is 0.896. The van der Waals surface area contributed by atoms with Gasteiger partial charge < -0.3 is 10.6 Å². The van der Waals surface area contributed by atoms with E-state index in [9.17, 15) is 4.79 Å². The SMILES string of the molecule is C[C@H]1C[C@@H](C(=O)NCCc2cccc(Cl)c2)CCN1.Cl. The number of hydrogen-bond acceptors (Lipinski definition) is 2. The van der Waals surface area contributed by atoms with Crippen LogP contribution in [0.2, 0.25) is 5.02 Å². The third-order valence-electron chi connectivity index (χ3n) is 3.60. The minimum absolute atomic E-state index is 0. The van der Waals surface area contributed by atoms with Crippen molar-refractivity contribution < 1.29 is 4.79 Å². The summed E-state index contributed by atoms with van der Waals surface area (Å²) in [6.07, 6.45) is 2.70. The molecule has 1 amide bonds. The highest BCUT2D eigenvalue weighted by atomic mass is 35.5. The van der Waals surface area contributed by atoms with Gasteiger partial charge in [-0.25, -0.2) is 0 Å². The van der Waals surface area contributed by atoms with E-state index in [2.05, 4.69) is 17.6 Å². The third-order valence-corrected chi connectivity index (χ3v) is 3.83. The van der Waals surface area contributed by atoms with Crippen LogP contribution in [-0.4, -0.2) is 25.0 Å². The van der Waals surface area contributed by atoms with Crippen molar-refractivity contribution in [3.63, 3.8) is 0 Å². The minimum Gasteiger partial charge on any atom is -0.356 e. The van der Waals surface area contributed by atoms with Gasteiger partial charge in [-0.2, -0.15) is 0 Å². The molecule has 2 N–H and O–H groups in total. The lowest BCUT2D eigenvalue weighted by molar-refractivity contribution is -0.126. The van der Waals surface area contributed by atoms with Gasteiger partial charge in [-0.1, -0.05) is 23.7 Å². The van der Waals surface area contributed by atoms with Crippen LogP contribution in [-0.2, 0) is 11.2 Å². The molecule has 0 spiro atoms. The van der Waals surface area contributed by atoms with Crippen molar-refractivity contribution >= 4 is 29.9 Å². The number of carbonyl (C=O) groups excluding carboxylic acids is 1. The zero-order valence-corrected chi connectivity index (χ0v) is 13.3. The van der Waals surface area contributed by atoms with Crippen LogP contribution in [0.25, 0.3) is 0 Å². The molecule has 1 fully saturated rings. The maximum absolute atomic E-state index is 12.0. The van der Waals surface area contributed by atoms with Gasteiger partial charge in [0.05, 0.1) is 0 Å². The summed E-state index contributed by atoms with van der Waals surface area (Å²) < 4.78 is 0. The molecule has 5 heteroatoms. The van der Waals surface area contributed by atoms with E-state index >= 15 is 0 Å². The van der Waals surface area contributed by atoms with Gasteiger partial charge in [0, 0.05) is 23.5 Å². The monoisotopic (exact) mass is 316 g/mol. The Labute approximate surface area is 131 Å². The van der Waals surface area contributed by atoms with Crippen molar-refractivity contribution in [2.75, 3.05) is 13.1 Å². The van der Waals surface area contributed by atoms with E-state index < -0.39 is 0 Å². The molecular weight excluding hydrogens is 295 g/mol. The van der Waals surface area contributed by atoms with Crippen LogP contribution in [0.4, 0.5) is 0 Å². The van der Waals surface area contributed by atoms with Crippen LogP contribution >= 0.6 is 24.0 Å². The first-order valence-electron chi connectivity index (χ1n) is 6.90. The first kappa shape index (κ1) is 17.3. The third kappa shape index (κ3) is 5.31. The fraction of sp³-hybridized carbons (Fsp3) is 0.533. The molecule has 2 rings (SSSR count). The largest absolute Gasteiger partial charge is 0.356 e. The van der Waals surface area contributed by atoms with E-state index in [0.717, 1.165) is 36.4 Å². The van der Waals surface area contributed by atoms with Gasteiger partial charge >= 0.3 is 0 Å². The van der Waals surface area contributed by atoms with Crippen molar-refractivity contribution in [3.05, 3.63) is 34.9 Å². The molecule has 1 aliphatic heterocycles. The Morgan fingerprint density at radius 2 is 2.30 bits per heavy atom. The highest BCUT2D eigenvalue weighted by Gasteiger charge is 2.24. The molecule has 3 nitrogen and oxygen atoms in total. The summed E-state index contributed by atoms with van der Waals surface area (Å²) in [5.41, 5.74) is 1.16. The molecule has 1 saturated heterocycles. The van der Waals surface area contributed by atoms with Gasteiger partial charge in [0.25, 0.3) is 0 Å². The number of hydrogen-bond donors (Lipinski definition) is 2. The molecule has 1 aromatic carbocycles. The number of nitrogens with one attached hydrogen (secondary N) is 2. The maximum atomic E-state index is 12.0. The molecular formula is C15H22Cl2N2O. The molecule has 0 unspecified atom stereocenters. The fourth-order valence-corrected chi connectivity index (χ4v) is 2.75. The van der Waals surface area contributed by atoms with Gasteiger partial charge in [0.1, 0.15) is 0 Å². The lowest BCUT2D eigenvalue weighted by Crippen LogP contribution is -2.42. The van der Waals surface area contributed by atoms with Crippen molar-refractivity contribution in [2.24, 2.45) is 5.92 Å². The predicted octanol–water partition coefficient (Wildman–Crippen LogP) is 2.81. The topological polar surface area (TPSA) is 41.1 Å². The molecule has 0 saturated carbocycles. The lowest BCUT2D eigenvalue weighted by Gasteiger charge is -2.27. The number of amides is 1. The number of carbonyl (C=O) groups is 1. The average molecular weight is 317 g/mol. The number of halogens is 2. The highest BCUT2D eigenvalue weighted by molar-refractivity contribution is 6.30. The number of rotatable bonds is 4. The van der Waals surface area contributed by atoms with E-state index in [4.69, 9.17) is 11.6 Å². The van der Waals surface area contributed by atoms with Crippen LogP contribution in [0.5, 0.6) is 0 Å². The first-order chi connectivity index (χ1) is 9.15. The first-order valence-corrected chi connectivity index (χ1v) is 7.28. The predicted molar refractivity (Wildman–Crippen MR) is 85.6 cm³/mol. The number of benzene rings is 1. The van der Waals surface area contributed by atoms with Gasteiger partial charge in [-0.15, -0.1) is 12.4 Å².